The number of thioether (sulfide) groups is 1. The Morgan fingerprint density at radius 2 is 1.36 bits per heavy atom. The van der Waals surface area contributed by atoms with Crippen molar-refractivity contribution < 1.29 is 34.2 Å². The molecule has 44 heavy (non-hydrogen) atoms. The van der Waals surface area contributed by atoms with Gasteiger partial charge < -0.3 is 31.5 Å². The third-order valence-corrected chi connectivity index (χ3v) is 7.49. The lowest BCUT2D eigenvalue weighted by atomic mass is 9.89. The van der Waals surface area contributed by atoms with Crippen molar-refractivity contribution in [3.63, 3.8) is 0 Å². The highest BCUT2D eigenvalue weighted by molar-refractivity contribution is 7.99. The first kappa shape index (κ1) is 36.1. The van der Waals surface area contributed by atoms with Crippen molar-refractivity contribution in [1.82, 2.24) is 10.6 Å². The molecule has 12 heteroatoms. The number of urea groups is 1. The van der Waals surface area contributed by atoms with Gasteiger partial charge in [0.15, 0.2) is 0 Å². The topological polar surface area (TPSA) is 174 Å². The Balaban J connectivity index is 1.98. The fourth-order valence-electron chi connectivity index (χ4n) is 4.31. The van der Waals surface area contributed by atoms with Crippen LogP contribution < -0.4 is 21.3 Å². The van der Waals surface area contributed by atoms with Crippen LogP contribution in [0.25, 0.3) is 0 Å². The molecule has 0 fully saturated rings. The van der Waals surface area contributed by atoms with Gasteiger partial charge in [-0.3, -0.25) is 9.59 Å². The molecule has 3 unspecified atom stereocenters. The molecule has 240 valence electrons. The zero-order chi connectivity index (χ0) is 32.9. The molecule has 0 aliphatic heterocycles. The quantitative estimate of drug-likeness (QED) is 0.138. The van der Waals surface area contributed by atoms with Crippen LogP contribution >= 0.6 is 11.8 Å². The van der Waals surface area contributed by atoms with E-state index in [0.29, 0.717) is 23.4 Å². The number of hydrogen-bond acceptors (Lipinski definition) is 6. The number of carboxylic acid groups (broad SMARTS) is 2. The van der Waals surface area contributed by atoms with Crippen LogP contribution in [0, 0.1) is 11.3 Å². The van der Waals surface area contributed by atoms with Gasteiger partial charge in [0.05, 0.1) is 5.92 Å². The van der Waals surface area contributed by atoms with Crippen molar-refractivity contribution >= 4 is 52.9 Å². The summed E-state index contributed by atoms with van der Waals surface area (Å²) < 4.78 is 0. The second-order valence-electron chi connectivity index (χ2n) is 12.2. The van der Waals surface area contributed by atoms with Crippen LogP contribution in [0.3, 0.4) is 0 Å². The number of nitrogens with one attached hydrogen (secondary N) is 4. The van der Waals surface area contributed by atoms with Crippen LogP contribution in [0.4, 0.5) is 16.2 Å². The summed E-state index contributed by atoms with van der Waals surface area (Å²) in [7, 11) is 0. The van der Waals surface area contributed by atoms with Gasteiger partial charge in [-0.25, -0.2) is 14.4 Å². The van der Waals surface area contributed by atoms with Crippen molar-refractivity contribution in [1.29, 1.82) is 0 Å². The summed E-state index contributed by atoms with van der Waals surface area (Å²) in [5.74, 6) is -3.35. The molecular formula is C32H44N4O7S. The molecule has 6 N–H and O–H groups in total. The lowest BCUT2D eigenvalue weighted by Crippen LogP contribution is -2.45. The van der Waals surface area contributed by atoms with E-state index in [1.54, 1.807) is 36.4 Å². The fraction of sp³-hybridized carbons (Fsp3) is 0.469. The maximum absolute atomic E-state index is 13.3. The Hall–Kier alpha value is -4.06. The number of carboxylic acids is 2. The van der Waals surface area contributed by atoms with Gasteiger partial charge in [0.25, 0.3) is 0 Å². The molecule has 0 saturated carbocycles. The molecule has 3 atom stereocenters. The number of anilines is 2. The predicted molar refractivity (Wildman–Crippen MR) is 173 cm³/mol. The van der Waals surface area contributed by atoms with Crippen molar-refractivity contribution in [2.75, 3.05) is 22.1 Å². The Labute approximate surface area is 263 Å². The average molecular weight is 629 g/mol. The number of carbonyl (C=O) groups excluding carboxylic acids is 3. The molecule has 2 rings (SSSR count). The van der Waals surface area contributed by atoms with Gasteiger partial charge in [0.1, 0.15) is 12.1 Å². The molecule has 0 bridgehead atoms. The summed E-state index contributed by atoms with van der Waals surface area (Å²) in [6.07, 6.45) is 0.758. The average Bonchev–Trinajstić information content (AvgIpc) is 2.92. The van der Waals surface area contributed by atoms with Crippen LogP contribution in [0.15, 0.2) is 54.6 Å². The van der Waals surface area contributed by atoms with E-state index in [-0.39, 0.29) is 41.6 Å². The Morgan fingerprint density at radius 3 is 1.89 bits per heavy atom. The Morgan fingerprint density at radius 1 is 0.795 bits per heavy atom. The number of amides is 4. The number of para-hydroxylation sites is 1. The summed E-state index contributed by atoms with van der Waals surface area (Å²) >= 11 is 1.19. The molecule has 11 nitrogen and oxygen atoms in total. The number of rotatable bonds is 16. The second kappa shape index (κ2) is 17.3. The van der Waals surface area contributed by atoms with Crippen LogP contribution in [0.2, 0.25) is 0 Å². The van der Waals surface area contributed by atoms with E-state index in [9.17, 15) is 34.2 Å². The first-order chi connectivity index (χ1) is 20.6. The van der Waals surface area contributed by atoms with Gasteiger partial charge in [-0.05, 0) is 59.8 Å². The Bertz CT molecular complexity index is 1260. The minimum absolute atomic E-state index is 0.0249. The first-order valence-corrected chi connectivity index (χ1v) is 15.7. The minimum Gasteiger partial charge on any atom is -0.480 e. The molecule has 0 radical (unpaired) electrons. The molecule has 0 aliphatic carbocycles. The third-order valence-electron chi connectivity index (χ3n) is 6.40. The molecule has 0 aliphatic rings. The molecule has 4 amide bonds. The number of aliphatic carboxylic acids is 2. The van der Waals surface area contributed by atoms with Crippen LogP contribution in [0.1, 0.15) is 65.4 Å². The van der Waals surface area contributed by atoms with Gasteiger partial charge in [-0.2, -0.15) is 11.8 Å². The van der Waals surface area contributed by atoms with E-state index in [0.717, 1.165) is 0 Å². The number of benzene rings is 2. The van der Waals surface area contributed by atoms with Crippen molar-refractivity contribution in [2.24, 2.45) is 11.3 Å². The van der Waals surface area contributed by atoms with Crippen molar-refractivity contribution in [3.05, 3.63) is 60.2 Å². The zero-order valence-corrected chi connectivity index (χ0v) is 26.7. The van der Waals surface area contributed by atoms with E-state index >= 15 is 0 Å². The van der Waals surface area contributed by atoms with Crippen LogP contribution in [-0.2, 0) is 19.2 Å². The predicted octanol–water partition coefficient (Wildman–Crippen LogP) is 5.16. The molecule has 0 heterocycles. The highest BCUT2D eigenvalue weighted by Crippen LogP contribution is 2.26. The lowest BCUT2D eigenvalue weighted by molar-refractivity contribution is -0.142. The van der Waals surface area contributed by atoms with Gasteiger partial charge in [-0.15, -0.1) is 0 Å². The fourth-order valence-corrected chi connectivity index (χ4v) is 5.34. The zero-order valence-electron chi connectivity index (χ0n) is 25.9. The molecule has 0 aromatic heterocycles. The maximum Gasteiger partial charge on any atom is 0.327 e. The van der Waals surface area contributed by atoms with Crippen LogP contribution in [-0.4, -0.2) is 63.6 Å². The highest BCUT2D eigenvalue weighted by Gasteiger charge is 2.28. The van der Waals surface area contributed by atoms with E-state index in [2.05, 4.69) is 21.3 Å². The van der Waals surface area contributed by atoms with E-state index in [1.807, 2.05) is 52.8 Å². The van der Waals surface area contributed by atoms with E-state index in [4.69, 9.17) is 0 Å². The van der Waals surface area contributed by atoms with E-state index in [1.165, 1.54) is 11.8 Å². The molecule has 0 spiro atoms. The summed E-state index contributed by atoms with van der Waals surface area (Å²) in [4.78, 5) is 61.5. The SMILES string of the molecule is CC(C)CC(C(=O)NC(CSCCC(NC(=O)CC(C)(C)C)C(=O)O)C(=O)O)c1ccc(NC(=O)Nc2ccccc2)cc1. The summed E-state index contributed by atoms with van der Waals surface area (Å²) in [5.41, 5.74) is 1.56. The smallest absolute Gasteiger partial charge is 0.327 e. The molecular weight excluding hydrogens is 584 g/mol. The number of hydrogen-bond donors (Lipinski definition) is 6. The normalized spacial score (nSPS) is 13.3. The molecule has 2 aromatic carbocycles. The van der Waals surface area contributed by atoms with E-state index < -0.39 is 41.9 Å². The van der Waals surface area contributed by atoms with Gasteiger partial charge in [0, 0.05) is 23.5 Å². The first-order valence-electron chi connectivity index (χ1n) is 14.5. The maximum atomic E-state index is 13.3. The van der Waals surface area contributed by atoms with Crippen molar-refractivity contribution in [3.8, 4) is 0 Å². The monoisotopic (exact) mass is 628 g/mol. The second-order valence-corrected chi connectivity index (χ2v) is 13.4. The van der Waals surface area contributed by atoms with Gasteiger partial charge in [0.2, 0.25) is 11.8 Å². The standard InChI is InChI=1S/C32H44N4O7S/c1-20(2)17-24(21-11-13-23(14-12-21)34-31(43)33-22-9-7-6-8-10-22)28(38)36-26(30(41)42)19-44-16-15-25(29(39)40)35-27(37)18-32(3,4)5/h6-14,20,24-26H,15-19H2,1-5H3,(H,35,37)(H,36,38)(H,39,40)(H,41,42)(H2,33,34,43). The lowest BCUT2D eigenvalue weighted by Gasteiger charge is -2.23. The summed E-state index contributed by atoms with van der Waals surface area (Å²) in [5, 5.41) is 29.9. The minimum atomic E-state index is -1.20. The third kappa shape index (κ3) is 13.5. The molecule has 0 saturated heterocycles. The largest absolute Gasteiger partial charge is 0.480 e. The molecule has 2 aromatic rings. The van der Waals surface area contributed by atoms with Crippen molar-refractivity contribution in [2.45, 2.75) is 71.9 Å². The van der Waals surface area contributed by atoms with Gasteiger partial charge in [-0.1, -0.05) is 65.0 Å². The number of carbonyl (C=O) groups is 5. The van der Waals surface area contributed by atoms with Gasteiger partial charge >= 0.3 is 18.0 Å². The Kier molecular flexibility index (Phi) is 14.2. The highest BCUT2D eigenvalue weighted by atomic mass is 32.2. The summed E-state index contributed by atoms with van der Waals surface area (Å²) in [6, 6.07) is 13.1. The van der Waals surface area contributed by atoms with Crippen LogP contribution in [0.5, 0.6) is 0 Å². The summed E-state index contributed by atoms with van der Waals surface area (Å²) in [6.45, 7) is 9.57.